The summed E-state index contributed by atoms with van der Waals surface area (Å²) in [4.78, 5) is 30.2. The number of rotatable bonds is 3. The van der Waals surface area contributed by atoms with Crippen LogP contribution in [0.4, 0.5) is 4.79 Å². The molecule has 0 radical (unpaired) electrons. The highest BCUT2D eigenvalue weighted by Crippen LogP contribution is 2.33. The van der Waals surface area contributed by atoms with Crippen LogP contribution in [-0.2, 0) is 9.53 Å². The van der Waals surface area contributed by atoms with Crippen molar-refractivity contribution in [1.29, 1.82) is 0 Å². The Morgan fingerprint density at radius 3 is 2.31 bits per heavy atom. The average molecular weight is 366 g/mol. The third-order valence-electron chi connectivity index (χ3n) is 6.20. The Morgan fingerprint density at radius 2 is 1.65 bits per heavy atom. The molecule has 26 heavy (non-hydrogen) atoms. The summed E-state index contributed by atoms with van der Waals surface area (Å²) in [5, 5.41) is 2.95. The maximum Gasteiger partial charge on any atom is 0.408 e. The van der Waals surface area contributed by atoms with Gasteiger partial charge >= 0.3 is 6.09 Å². The predicted octanol–water partition coefficient (Wildman–Crippen LogP) is 2.76. The highest BCUT2D eigenvalue weighted by Gasteiger charge is 2.46. The van der Waals surface area contributed by atoms with E-state index in [0.717, 1.165) is 51.6 Å². The Hall–Kier alpha value is -1.30. The Kier molecular flexibility index (Phi) is 5.80. The molecule has 2 saturated heterocycles. The zero-order valence-electron chi connectivity index (χ0n) is 16.8. The van der Waals surface area contributed by atoms with Gasteiger partial charge in [-0.2, -0.15) is 0 Å². The quantitative estimate of drug-likeness (QED) is 0.835. The van der Waals surface area contributed by atoms with E-state index in [1.165, 1.54) is 6.42 Å². The van der Waals surface area contributed by atoms with Gasteiger partial charge in [-0.05, 0) is 59.4 Å². The summed E-state index contributed by atoms with van der Waals surface area (Å²) >= 11 is 0. The van der Waals surface area contributed by atoms with Crippen LogP contribution in [0.5, 0.6) is 0 Å². The lowest BCUT2D eigenvalue weighted by Gasteiger charge is -2.35. The fourth-order valence-corrected chi connectivity index (χ4v) is 4.94. The van der Waals surface area contributed by atoms with E-state index in [1.54, 1.807) is 0 Å². The van der Waals surface area contributed by atoms with Crippen molar-refractivity contribution in [2.24, 2.45) is 5.92 Å². The summed E-state index contributed by atoms with van der Waals surface area (Å²) in [6, 6.07) is 0.335. The number of hydrogen-bond donors (Lipinski definition) is 1. The summed E-state index contributed by atoms with van der Waals surface area (Å²) in [6.45, 7) is 7.40. The monoisotopic (exact) mass is 365 g/mol. The van der Waals surface area contributed by atoms with Crippen LogP contribution in [0.15, 0.2) is 0 Å². The molecule has 1 unspecified atom stereocenters. The molecule has 0 aromatic heterocycles. The van der Waals surface area contributed by atoms with Gasteiger partial charge < -0.3 is 19.9 Å². The van der Waals surface area contributed by atoms with Crippen molar-refractivity contribution < 1.29 is 14.3 Å². The van der Waals surface area contributed by atoms with Crippen molar-refractivity contribution in [3.05, 3.63) is 0 Å². The first-order valence-corrected chi connectivity index (χ1v) is 10.3. The lowest BCUT2D eigenvalue weighted by molar-refractivity contribution is -0.136. The minimum atomic E-state index is -0.558. The number of hydrogen-bond acceptors (Lipinski definition) is 4. The first kappa shape index (κ1) is 19.5. The number of likely N-dealkylation sites (N-methyl/N-ethyl adjacent to an activating group) is 1. The highest BCUT2D eigenvalue weighted by atomic mass is 16.6. The molecule has 1 N–H and O–H groups in total. The van der Waals surface area contributed by atoms with Gasteiger partial charge in [0.25, 0.3) is 0 Å². The van der Waals surface area contributed by atoms with E-state index >= 15 is 0 Å². The van der Waals surface area contributed by atoms with E-state index < -0.39 is 17.7 Å². The van der Waals surface area contributed by atoms with Gasteiger partial charge in [-0.15, -0.1) is 0 Å². The van der Waals surface area contributed by atoms with Crippen LogP contribution in [0.1, 0.15) is 65.7 Å². The van der Waals surface area contributed by atoms with E-state index in [0.29, 0.717) is 12.1 Å². The molecule has 0 aromatic rings. The van der Waals surface area contributed by atoms with Crippen molar-refractivity contribution in [2.45, 2.75) is 89.4 Å². The number of alkyl carbamates (subject to hydrolysis) is 1. The van der Waals surface area contributed by atoms with Gasteiger partial charge in [0, 0.05) is 25.2 Å². The third kappa shape index (κ3) is 4.33. The van der Waals surface area contributed by atoms with Gasteiger partial charge in [0.2, 0.25) is 5.91 Å². The van der Waals surface area contributed by atoms with Gasteiger partial charge in [-0.3, -0.25) is 4.79 Å². The fraction of sp³-hybridized carbons (Fsp3) is 0.900. The van der Waals surface area contributed by atoms with Gasteiger partial charge in [-0.1, -0.05) is 19.3 Å². The molecule has 1 saturated carbocycles. The number of nitrogens with one attached hydrogen (secondary N) is 1. The number of likely N-dealkylation sites (tertiary alicyclic amines) is 2. The first-order chi connectivity index (χ1) is 12.3. The zero-order valence-corrected chi connectivity index (χ0v) is 16.8. The molecule has 3 aliphatic rings. The van der Waals surface area contributed by atoms with Crippen LogP contribution in [0.3, 0.4) is 0 Å². The summed E-state index contributed by atoms with van der Waals surface area (Å²) in [5.74, 6) is 0.326. The lowest BCUT2D eigenvalue weighted by atomic mass is 9.83. The highest BCUT2D eigenvalue weighted by molar-refractivity contribution is 5.86. The first-order valence-electron chi connectivity index (χ1n) is 10.3. The van der Waals surface area contributed by atoms with Crippen molar-refractivity contribution >= 4 is 12.0 Å². The molecule has 2 aliphatic heterocycles. The van der Waals surface area contributed by atoms with E-state index in [4.69, 9.17) is 4.74 Å². The average Bonchev–Trinajstić information content (AvgIpc) is 3.14. The number of fused-ring (bicyclic) bond motifs is 1. The molecule has 148 valence electrons. The summed E-state index contributed by atoms with van der Waals surface area (Å²) in [6.07, 6.45) is 7.12. The second-order valence-corrected chi connectivity index (χ2v) is 9.25. The molecule has 0 bridgehead atoms. The molecule has 0 spiro atoms. The van der Waals surface area contributed by atoms with Crippen LogP contribution in [-0.4, -0.2) is 65.7 Å². The van der Waals surface area contributed by atoms with Crippen LogP contribution in [0.25, 0.3) is 0 Å². The molecular formula is C20H35N3O3. The van der Waals surface area contributed by atoms with Crippen molar-refractivity contribution in [3.63, 3.8) is 0 Å². The third-order valence-corrected chi connectivity index (χ3v) is 6.20. The maximum atomic E-state index is 13.4. The normalized spacial score (nSPS) is 28.7. The summed E-state index contributed by atoms with van der Waals surface area (Å²) < 4.78 is 5.45. The predicted molar refractivity (Wildman–Crippen MR) is 101 cm³/mol. The number of amides is 2. The standard InChI is InChI=1S/C20H35N3O3/c1-20(2,3)26-19(25)21-17(14-8-6-5-7-9-14)18(24)23-13-11-15-16(23)10-12-22(15)4/h14-17H,5-13H2,1-4H3,(H,21,25)/t15-,16-,17?/m1/s1. The zero-order chi connectivity index (χ0) is 18.9. The second-order valence-electron chi connectivity index (χ2n) is 9.25. The van der Waals surface area contributed by atoms with Gasteiger partial charge in [0.05, 0.1) is 0 Å². The Balaban J connectivity index is 1.72. The lowest BCUT2D eigenvalue weighted by Crippen LogP contribution is -2.55. The Bertz CT molecular complexity index is 525. The van der Waals surface area contributed by atoms with Crippen molar-refractivity contribution in [3.8, 4) is 0 Å². The summed E-state index contributed by atoms with van der Waals surface area (Å²) in [7, 11) is 2.15. The molecule has 2 amide bonds. The molecule has 3 fully saturated rings. The Labute approximate surface area is 157 Å². The molecule has 6 heteroatoms. The molecular weight excluding hydrogens is 330 g/mol. The minimum Gasteiger partial charge on any atom is -0.444 e. The molecule has 6 nitrogen and oxygen atoms in total. The van der Waals surface area contributed by atoms with Gasteiger partial charge in [0.1, 0.15) is 11.6 Å². The molecule has 3 atom stereocenters. The van der Waals surface area contributed by atoms with Crippen LogP contribution in [0.2, 0.25) is 0 Å². The summed E-state index contributed by atoms with van der Waals surface area (Å²) in [5.41, 5.74) is -0.558. The van der Waals surface area contributed by atoms with Gasteiger partial charge in [-0.25, -0.2) is 4.79 Å². The Morgan fingerprint density at radius 1 is 1.00 bits per heavy atom. The smallest absolute Gasteiger partial charge is 0.408 e. The minimum absolute atomic E-state index is 0.102. The second kappa shape index (κ2) is 7.75. The SMILES string of the molecule is CN1CC[C@@H]2[C@H]1CCN2C(=O)C(NC(=O)OC(C)(C)C)C1CCCCC1. The number of carbonyl (C=O) groups excluding carboxylic acids is 2. The van der Waals surface area contributed by atoms with E-state index in [9.17, 15) is 9.59 Å². The molecule has 0 aromatic carbocycles. The van der Waals surface area contributed by atoms with Crippen molar-refractivity contribution in [1.82, 2.24) is 15.1 Å². The number of ether oxygens (including phenoxy) is 1. The van der Waals surface area contributed by atoms with Crippen LogP contribution >= 0.6 is 0 Å². The van der Waals surface area contributed by atoms with E-state index in [-0.39, 0.29) is 11.8 Å². The van der Waals surface area contributed by atoms with E-state index in [2.05, 4.69) is 17.3 Å². The van der Waals surface area contributed by atoms with Gasteiger partial charge in [0.15, 0.2) is 0 Å². The maximum absolute atomic E-state index is 13.4. The molecule has 2 heterocycles. The fourth-order valence-electron chi connectivity index (χ4n) is 4.94. The van der Waals surface area contributed by atoms with E-state index in [1.807, 2.05) is 25.7 Å². The topological polar surface area (TPSA) is 61.9 Å². The molecule has 3 rings (SSSR count). The number of carbonyl (C=O) groups is 2. The van der Waals surface area contributed by atoms with Crippen molar-refractivity contribution in [2.75, 3.05) is 20.1 Å². The largest absolute Gasteiger partial charge is 0.444 e. The molecule has 1 aliphatic carbocycles. The number of nitrogens with zero attached hydrogens (tertiary/aromatic N) is 2. The van der Waals surface area contributed by atoms with Crippen LogP contribution < -0.4 is 5.32 Å². The van der Waals surface area contributed by atoms with Crippen LogP contribution in [0, 0.1) is 5.92 Å².